The van der Waals surface area contributed by atoms with E-state index in [4.69, 9.17) is 4.74 Å². The smallest absolute Gasteiger partial charge is 0.323 e. The lowest BCUT2D eigenvalue weighted by Crippen LogP contribution is -2.52. The van der Waals surface area contributed by atoms with Crippen LogP contribution in [0.3, 0.4) is 0 Å². The van der Waals surface area contributed by atoms with Gasteiger partial charge in [-0.2, -0.15) is 0 Å². The first kappa shape index (κ1) is 23.1. The molecule has 0 amide bonds. The third kappa shape index (κ3) is 4.04. The van der Waals surface area contributed by atoms with Crippen LogP contribution >= 0.6 is 0 Å². The molecular formula is C32H34N2O2. The summed E-state index contributed by atoms with van der Waals surface area (Å²) in [4.78, 5) is 19.9. The van der Waals surface area contributed by atoms with Gasteiger partial charge in [0.25, 0.3) is 0 Å². The number of carbonyl (C=O) groups is 1. The summed E-state index contributed by atoms with van der Waals surface area (Å²) in [6, 6.07) is 29.6. The van der Waals surface area contributed by atoms with Crippen LogP contribution in [0.4, 0.5) is 0 Å². The molecule has 1 aromatic heterocycles. The molecule has 2 atom stereocenters. The molecule has 4 nitrogen and oxygen atoms in total. The average molecular weight is 479 g/mol. The number of hydrogen-bond acceptors (Lipinski definition) is 3. The lowest BCUT2D eigenvalue weighted by molar-refractivity contribution is -0.150. The van der Waals surface area contributed by atoms with Crippen LogP contribution in [0.1, 0.15) is 66.6 Å². The number of nitrogens with one attached hydrogen (secondary N) is 1. The van der Waals surface area contributed by atoms with Gasteiger partial charge in [-0.3, -0.25) is 9.69 Å². The summed E-state index contributed by atoms with van der Waals surface area (Å²) in [5.74, 6) is 0.330. The SMILES string of the molecule is COC(=O)[C@@H]1Cc2c([nH]c3ccccc23)[C@@H](C2CCCCC2)N1C(c1ccccc1)c1ccccc1. The number of aromatic nitrogens is 1. The van der Waals surface area contributed by atoms with Crippen LogP contribution in [-0.2, 0) is 16.0 Å². The minimum absolute atomic E-state index is 0.0528. The van der Waals surface area contributed by atoms with Gasteiger partial charge in [-0.1, -0.05) is 98.1 Å². The van der Waals surface area contributed by atoms with Crippen LogP contribution in [0, 0.1) is 5.92 Å². The highest BCUT2D eigenvalue weighted by molar-refractivity contribution is 5.87. The van der Waals surface area contributed by atoms with E-state index in [1.165, 1.54) is 67.0 Å². The number of benzene rings is 3. The van der Waals surface area contributed by atoms with Gasteiger partial charge in [0.2, 0.25) is 0 Å². The van der Waals surface area contributed by atoms with Crippen molar-refractivity contribution < 1.29 is 9.53 Å². The molecule has 6 rings (SSSR count). The van der Waals surface area contributed by atoms with E-state index in [9.17, 15) is 4.79 Å². The second-order valence-corrected chi connectivity index (χ2v) is 10.3. The Kier molecular flexibility index (Phi) is 6.37. The van der Waals surface area contributed by atoms with Crippen LogP contribution in [0.2, 0.25) is 0 Å². The van der Waals surface area contributed by atoms with E-state index < -0.39 is 0 Å². The molecule has 1 saturated carbocycles. The summed E-state index contributed by atoms with van der Waals surface area (Å²) in [5, 5.41) is 1.23. The number of ether oxygens (including phenoxy) is 1. The number of fused-ring (bicyclic) bond motifs is 3. The summed E-state index contributed by atoms with van der Waals surface area (Å²) in [7, 11) is 1.53. The zero-order chi connectivity index (χ0) is 24.5. The summed E-state index contributed by atoms with van der Waals surface area (Å²) >= 11 is 0. The van der Waals surface area contributed by atoms with Crippen LogP contribution < -0.4 is 0 Å². The summed E-state index contributed by atoms with van der Waals surface area (Å²) < 4.78 is 5.49. The average Bonchev–Trinajstić information content (AvgIpc) is 3.32. The van der Waals surface area contributed by atoms with Gasteiger partial charge >= 0.3 is 5.97 Å². The van der Waals surface area contributed by atoms with E-state index >= 15 is 0 Å². The molecule has 4 heteroatoms. The molecule has 0 unspecified atom stereocenters. The number of para-hydroxylation sites is 1. The Morgan fingerprint density at radius 1 is 0.861 bits per heavy atom. The zero-order valence-electron chi connectivity index (χ0n) is 20.9. The highest BCUT2D eigenvalue weighted by atomic mass is 16.5. The van der Waals surface area contributed by atoms with Crippen molar-refractivity contribution in [1.82, 2.24) is 9.88 Å². The second-order valence-electron chi connectivity index (χ2n) is 10.3. The third-order valence-corrected chi connectivity index (χ3v) is 8.32. The number of rotatable bonds is 5. The molecule has 0 bridgehead atoms. The van der Waals surface area contributed by atoms with Crippen LogP contribution in [0.25, 0.3) is 10.9 Å². The molecule has 2 heterocycles. The first-order valence-electron chi connectivity index (χ1n) is 13.3. The van der Waals surface area contributed by atoms with Crippen LogP contribution in [0.15, 0.2) is 84.9 Å². The standard InChI is InChI=1S/C32H34N2O2/c1-36-32(35)28-21-26-25-19-11-12-20-27(25)33-29(26)31(24-17-9-4-10-18-24)34(28)30(22-13-5-2-6-14-22)23-15-7-3-8-16-23/h2-3,5-8,11-16,19-20,24,28,30-31,33H,4,9-10,17-18,21H2,1H3/t28-,31+/m0/s1. The predicted octanol–water partition coefficient (Wildman–Crippen LogP) is 6.98. The van der Waals surface area contributed by atoms with Gasteiger partial charge in [0.1, 0.15) is 6.04 Å². The van der Waals surface area contributed by atoms with Crippen molar-refractivity contribution in [3.63, 3.8) is 0 Å². The number of methoxy groups -OCH3 is 1. The molecule has 36 heavy (non-hydrogen) atoms. The predicted molar refractivity (Wildman–Crippen MR) is 144 cm³/mol. The molecule has 1 aliphatic heterocycles. The minimum Gasteiger partial charge on any atom is -0.468 e. The monoisotopic (exact) mass is 478 g/mol. The molecule has 4 aromatic rings. The number of hydrogen-bond donors (Lipinski definition) is 1. The Bertz CT molecular complexity index is 1280. The van der Waals surface area contributed by atoms with E-state index in [2.05, 4.69) is 94.8 Å². The van der Waals surface area contributed by atoms with Gasteiger partial charge in [-0.15, -0.1) is 0 Å². The highest BCUT2D eigenvalue weighted by Crippen LogP contribution is 2.50. The lowest BCUT2D eigenvalue weighted by atomic mass is 9.76. The van der Waals surface area contributed by atoms with Crippen LogP contribution in [-0.4, -0.2) is 29.0 Å². The Morgan fingerprint density at radius 3 is 2.11 bits per heavy atom. The number of carbonyl (C=O) groups excluding carboxylic acids is 1. The number of H-pyrrole nitrogens is 1. The summed E-state index contributed by atoms with van der Waals surface area (Å²) in [5.41, 5.74) is 6.15. The second kappa shape index (κ2) is 9.94. The molecular weight excluding hydrogens is 444 g/mol. The molecule has 0 radical (unpaired) electrons. The van der Waals surface area contributed by atoms with Gasteiger partial charge in [-0.25, -0.2) is 0 Å². The van der Waals surface area contributed by atoms with E-state index in [-0.39, 0.29) is 24.1 Å². The first-order valence-corrected chi connectivity index (χ1v) is 13.3. The third-order valence-electron chi connectivity index (χ3n) is 8.32. The van der Waals surface area contributed by atoms with Gasteiger partial charge in [0.15, 0.2) is 0 Å². The number of aromatic amines is 1. The maximum Gasteiger partial charge on any atom is 0.323 e. The quantitative estimate of drug-likeness (QED) is 0.315. The maximum atomic E-state index is 13.6. The Hall–Kier alpha value is -3.37. The van der Waals surface area contributed by atoms with E-state index in [0.717, 1.165) is 5.52 Å². The van der Waals surface area contributed by atoms with Crippen molar-refractivity contribution in [2.75, 3.05) is 7.11 Å². The Labute approximate surface area is 213 Å². The van der Waals surface area contributed by atoms with Gasteiger partial charge in [-0.05, 0) is 41.5 Å². The Morgan fingerprint density at radius 2 is 1.47 bits per heavy atom. The summed E-state index contributed by atoms with van der Waals surface area (Å²) in [6.07, 6.45) is 6.79. The molecule has 0 saturated heterocycles. The topological polar surface area (TPSA) is 45.3 Å². The molecule has 2 aliphatic rings. The Balaban J connectivity index is 1.60. The molecule has 0 spiro atoms. The van der Waals surface area contributed by atoms with Crippen molar-refractivity contribution in [3.8, 4) is 0 Å². The van der Waals surface area contributed by atoms with E-state index in [1.54, 1.807) is 0 Å². The number of esters is 1. The first-order chi connectivity index (χ1) is 17.8. The molecule has 3 aromatic carbocycles. The fourth-order valence-electron chi connectivity index (χ4n) is 6.75. The molecule has 1 fully saturated rings. The molecule has 1 N–H and O–H groups in total. The van der Waals surface area contributed by atoms with Crippen molar-refractivity contribution in [3.05, 3.63) is 107 Å². The fraction of sp³-hybridized carbons (Fsp3) is 0.344. The van der Waals surface area contributed by atoms with Crippen molar-refractivity contribution in [1.29, 1.82) is 0 Å². The molecule has 1 aliphatic carbocycles. The van der Waals surface area contributed by atoms with Gasteiger partial charge < -0.3 is 9.72 Å². The van der Waals surface area contributed by atoms with Crippen molar-refractivity contribution in [2.45, 2.75) is 56.7 Å². The van der Waals surface area contributed by atoms with Gasteiger partial charge in [0, 0.05) is 23.0 Å². The largest absolute Gasteiger partial charge is 0.468 e. The van der Waals surface area contributed by atoms with Gasteiger partial charge in [0.05, 0.1) is 19.2 Å². The van der Waals surface area contributed by atoms with E-state index in [0.29, 0.717) is 12.3 Å². The lowest BCUT2D eigenvalue weighted by Gasteiger charge is -2.49. The fourth-order valence-corrected chi connectivity index (χ4v) is 6.75. The zero-order valence-corrected chi connectivity index (χ0v) is 20.9. The maximum absolute atomic E-state index is 13.6. The normalized spacial score (nSPS) is 20.9. The van der Waals surface area contributed by atoms with E-state index in [1.807, 2.05) is 0 Å². The minimum atomic E-state index is -0.362. The van der Waals surface area contributed by atoms with Crippen molar-refractivity contribution >= 4 is 16.9 Å². The summed E-state index contributed by atoms with van der Waals surface area (Å²) in [6.45, 7) is 0. The highest BCUT2D eigenvalue weighted by Gasteiger charge is 2.47. The number of nitrogens with zero attached hydrogens (tertiary/aromatic N) is 1. The molecule has 184 valence electrons. The van der Waals surface area contributed by atoms with Crippen LogP contribution in [0.5, 0.6) is 0 Å². The van der Waals surface area contributed by atoms with Crippen molar-refractivity contribution in [2.24, 2.45) is 5.92 Å².